The van der Waals surface area contributed by atoms with Gasteiger partial charge in [-0.3, -0.25) is 20.2 Å². The molecule has 1 heterocycles. The third-order valence-electron chi connectivity index (χ3n) is 2.71. The second-order valence-electron chi connectivity index (χ2n) is 4.40. The first-order valence-corrected chi connectivity index (χ1v) is 6.53. The van der Waals surface area contributed by atoms with Crippen molar-refractivity contribution in [1.29, 1.82) is 0 Å². The number of benzene rings is 1. The van der Waals surface area contributed by atoms with Crippen LogP contribution in [0.2, 0.25) is 0 Å². The average molecular weight is 338 g/mol. The molecule has 0 saturated carbocycles. The number of nitrogens with zero attached hydrogens (tertiary/aromatic N) is 1. The van der Waals surface area contributed by atoms with Gasteiger partial charge in [-0.1, -0.05) is 6.07 Å². The molecule has 6 nitrogen and oxygen atoms in total. The van der Waals surface area contributed by atoms with Crippen molar-refractivity contribution in [3.63, 3.8) is 0 Å². The standard InChI is InChI=1S/C13H12BrN3O3/c1-17(2)10-4-3-7(6-9(10)14)5-8-11(18)15-13(20)16-12(8)19/h3-6H,1-2H3,(H2,15,16,18,19,20). The van der Waals surface area contributed by atoms with Crippen LogP contribution in [-0.4, -0.2) is 31.9 Å². The van der Waals surface area contributed by atoms with Crippen LogP contribution < -0.4 is 15.5 Å². The van der Waals surface area contributed by atoms with Gasteiger partial charge in [0.05, 0.1) is 5.69 Å². The zero-order valence-corrected chi connectivity index (χ0v) is 12.4. The number of anilines is 1. The first-order chi connectivity index (χ1) is 9.38. The number of amides is 4. The van der Waals surface area contributed by atoms with Gasteiger partial charge in [-0.2, -0.15) is 0 Å². The van der Waals surface area contributed by atoms with Crippen LogP contribution in [0.25, 0.3) is 6.08 Å². The predicted molar refractivity (Wildman–Crippen MR) is 78.1 cm³/mol. The molecule has 2 rings (SSSR count). The maximum absolute atomic E-state index is 11.6. The molecule has 1 aromatic rings. The van der Waals surface area contributed by atoms with Crippen molar-refractivity contribution in [3.05, 3.63) is 33.8 Å². The third kappa shape index (κ3) is 2.88. The molecule has 1 saturated heterocycles. The monoisotopic (exact) mass is 337 g/mol. The van der Waals surface area contributed by atoms with Crippen LogP contribution in [0.4, 0.5) is 10.5 Å². The Balaban J connectivity index is 2.35. The van der Waals surface area contributed by atoms with E-state index in [9.17, 15) is 14.4 Å². The Kier molecular flexibility index (Phi) is 3.89. The molecule has 1 aromatic carbocycles. The van der Waals surface area contributed by atoms with Gasteiger partial charge in [-0.15, -0.1) is 0 Å². The first kappa shape index (κ1) is 14.3. The third-order valence-corrected chi connectivity index (χ3v) is 3.34. The number of carbonyl (C=O) groups excluding carboxylic acids is 3. The number of urea groups is 1. The van der Waals surface area contributed by atoms with Crippen molar-refractivity contribution in [3.8, 4) is 0 Å². The molecule has 1 fully saturated rings. The summed E-state index contributed by atoms with van der Waals surface area (Å²) in [7, 11) is 3.82. The van der Waals surface area contributed by atoms with E-state index >= 15 is 0 Å². The highest BCUT2D eigenvalue weighted by Crippen LogP contribution is 2.26. The van der Waals surface area contributed by atoms with E-state index in [0.29, 0.717) is 5.56 Å². The molecule has 20 heavy (non-hydrogen) atoms. The molecule has 0 aromatic heterocycles. The lowest BCUT2D eigenvalue weighted by atomic mass is 10.1. The zero-order valence-electron chi connectivity index (χ0n) is 10.9. The van der Waals surface area contributed by atoms with Gasteiger partial charge in [0.2, 0.25) is 0 Å². The molecular weight excluding hydrogens is 326 g/mol. The topological polar surface area (TPSA) is 78.5 Å². The summed E-state index contributed by atoms with van der Waals surface area (Å²) in [6.45, 7) is 0. The van der Waals surface area contributed by atoms with Gasteiger partial charge in [0.25, 0.3) is 11.8 Å². The molecule has 0 radical (unpaired) electrons. The number of hydrogen-bond donors (Lipinski definition) is 2. The fourth-order valence-electron chi connectivity index (χ4n) is 1.75. The van der Waals surface area contributed by atoms with E-state index in [2.05, 4.69) is 15.9 Å². The number of halogens is 1. The largest absolute Gasteiger partial charge is 0.377 e. The van der Waals surface area contributed by atoms with Gasteiger partial charge in [-0.05, 0) is 39.7 Å². The number of barbiturate groups is 1. The number of imide groups is 2. The van der Waals surface area contributed by atoms with Gasteiger partial charge in [0, 0.05) is 18.6 Å². The Labute approximate surface area is 124 Å². The molecule has 1 aliphatic heterocycles. The van der Waals surface area contributed by atoms with Crippen LogP contribution in [0.15, 0.2) is 28.2 Å². The summed E-state index contributed by atoms with van der Waals surface area (Å²) in [4.78, 5) is 36.1. The summed E-state index contributed by atoms with van der Waals surface area (Å²) in [5, 5.41) is 4.05. The second kappa shape index (κ2) is 5.46. The summed E-state index contributed by atoms with van der Waals surface area (Å²) < 4.78 is 0.838. The highest BCUT2D eigenvalue weighted by molar-refractivity contribution is 9.10. The number of hydrogen-bond acceptors (Lipinski definition) is 4. The molecular formula is C13H12BrN3O3. The Hall–Kier alpha value is -2.15. The van der Waals surface area contributed by atoms with Crippen LogP contribution in [0.3, 0.4) is 0 Å². The van der Waals surface area contributed by atoms with E-state index in [1.54, 1.807) is 12.1 Å². The summed E-state index contributed by atoms with van der Waals surface area (Å²) in [5.41, 5.74) is 1.55. The summed E-state index contributed by atoms with van der Waals surface area (Å²) in [6, 6.07) is 4.63. The summed E-state index contributed by atoms with van der Waals surface area (Å²) >= 11 is 3.43. The predicted octanol–water partition coefficient (Wildman–Crippen LogP) is 1.26. The SMILES string of the molecule is CN(C)c1ccc(C=C2C(=O)NC(=O)NC2=O)cc1Br. The van der Waals surface area contributed by atoms with Gasteiger partial charge in [-0.25, -0.2) is 4.79 Å². The highest BCUT2D eigenvalue weighted by atomic mass is 79.9. The zero-order chi connectivity index (χ0) is 14.9. The van der Waals surface area contributed by atoms with E-state index in [4.69, 9.17) is 0 Å². The van der Waals surface area contributed by atoms with Gasteiger partial charge in [0.15, 0.2) is 0 Å². The Morgan fingerprint density at radius 3 is 2.20 bits per heavy atom. The van der Waals surface area contributed by atoms with E-state index in [1.807, 2.05) is 35.7 Å². The molecule has 0 atom stereocenters. The van der Waals surface area contributed by atoms with Crippen molar-refractivity contribution in [2.45, 2.75) is 0 Å². The van der Waals surface area contributed by atoms with E-state index < -0.39 is 17.8 Å². The number of carbonyl (C=O) groups is 3. The van der Waals surface area contributed by atoms with Crippen molar-refractivity contribution < 1.29 is 14.4 Å². The Bertz CT molecular complexity index is 616. The van der Waals surface area contributed by atoms with Gasteiger partial charge >= 0.3 is 6.03 Å². The van der Waals surface area contributed by atoms with Gasteiger partial charge < -0.3 is 4.90 Å². The van der Waals surface area contributed by atoms with Crippen molar-refractivity contribution >= 4 is 45.5 Å². The quantitative estimate of drug-likeness (QED) is 0.629. The highest BCUT2D eigenvalue weighted by Gasteiger charge is 2.27. The van der Waals surface area contributed by atoms with E-state index in [-0.39, 0.29) is 5.57 Å². The van der Waals surface area contributed by atoms with Crippen LogP contribution in [0.1, 0.15) is 5.56 Å². The minimum absolute atomic E-state index is 0.103. The molecule has 104 valence electrons. The smallest absolute Gasteiger partial charge is 0.328 e. The molecule has 2 N–H and O–H groups in total. The van der Waals surface area contributed by atoms with Gasteiger partial charge in [0.1, 0.15) is 5.57 Å². The lowest BCUT2D eigenvalue weighted by molar-refractivity contribution is -0.123. The fourth-order valence-corrected chi connectivity index (χ4v) is 2.50. The molecule has 4 amide bonds. The number of nitrogens with one attached hydrogen (secondary N) is 2. The molecule has 7 heteroatoms. The van der Waals surface area contributed by atoms with E-state index in [1.165, 1.54) is 6.08 Å². The molecule has 0 unspecified atom stereocenters. The van der Waals surface area contributed by atoms with Crippen LogP contribution >= 0.6 is 15.9 Å². The molecule has 0 spiro atoms. The molecule has 0 bridgehead atoms. The van der Waals surface area contributed by atoms with Crippen LogP contribution in [0, 0.1) is 0 Å². The maximum atomic E-state index is 11.6. The first-order valence-electron chi connectivity index (χ1n) is 5.73. The molecule has 0 aliphatic carbocycles. The number of rotatable bonds is 2. The summed E-state index contributed by atoms with van der Waals surface area (Å²) in [5.74, 6) is -1.40. The van der Waals surface area contributed by atoms with Crippen molar-refractivity contribution in [2.24, 2.45) is 0 Å². The van der Waals surface area contributed by atoms with Crippen LogP contribution in [-0.2, 0) is 9.59 Å². The fraction of sp³-hybridized carbons (Fsp3) is 0.154. The normalized spacial score (nSPS) is 14.8. The lowest BCUT2D eigenvalue weighted by Gasteiger charge is -2.16. The minimum Gasteiger partial charge on any atom is -0.377 e. The molecule has 1 aliphatic rings. The Morgan fingerprint density at radius 2 is 1.70 bits per heavy atom. The van der Waals surface area contributed by atoms with E-state index in [0.717, 1.165) is 10.2 Å². The van der Waals surface area contributed by atoms with Crippen LogP contribution in [0.5, 0.6) is 0 Å². The van der Waals surface area contributed by atoms with Crippen molar-refractivity contribution in [1.82, 2.24) is 10.6 Å². The maximum Gasteiger partial charge on any atom is 0.328 e. The van der Waals surface area contributed by atoms with Crippen molar-refractivity contribution in [2.75, 3.05) is 19.0 Å². The second-order valence-corrected chi connectivity index (χ2v) is 5.25. The minimum atomic E-state index is -0.804. The Morgan fingerprint density at radius 1 is 1.10 bits per heavy atom. The lowest BCUT2D eigenvalue weighted by Crippen LogP contribution is -2.51. The average Bonchev–Trinajstić information content (AvgIpc) is 2.33. The summed E-state index contributed by atoms with van der Waals surface area (Å²) in [6.07, 6.45) is 1.43.